The van der Waals surface area contributed by atoms with Crippen molar-refractivity contribution < 1.29 is 13.9 Å². The number of nitrogens with zero attached hydrogens (tertiary/aromatic N) is 2. The number of hydrogen-bond donors (Lipinski definition) is 1. The number of hydrogen-bond acceptors (Lipinski definition) is 5. The van der Waals surface area contributed by atoms with Gasteiger partial charge in [0.25, 0.3) is 0 Å². The van der Waals surface area contributed by atoms with Crippen molar-refractivity contribution in [2.45, 2.75) is 19.3 Å². The third-order valence-electron chi connectivity index (χ3n) is 5.24. The zero-order valence-corrected chi connectivity index (χ0v) is 17.7. The largest absolute Gasteiger partial charge is 0.493 e. The van der Waals surface area contributed by atoms with Crippen molar-refractivity contribution in [3.05, 3.63) is 53.3 Å². The summed E-state index contributed by atoms with van der Waals surface area (Å²) in [6.45, 7) is 4.07. The summed E-state index contributed by atoms with van der Waals surface area (Å²) in [6.07, 6.45) is 3.57. The first-order chi connectivity index (χ1) is 14.6. The van der Waals surface area contributed by atoms with Gasteiger partial charge in [-0.3, -0.25) is 0 Å². The number of benzene rings is 2. The molecular weight excluding hydrogens is 405 g/mol. The number of likely N-dealkylation sites (tertiary alicyclic amines) is 1. The van der Waals surface area contributed by atoms with E-state index in [-0.39, 0.29) is 5.02 Å². The molecule has 1 aromatic heterocycles. The van der Waals surface area contributed by atoms with Crippen LogP contribution in [0.4, 0.5) is 15.9 Å². The second-order valence-corrected chi connectivity index (χ2v) is 7.80. The Morgan fingerprint density at radius 1 is 1.10 bits per heavy atom. The molecule has 7 heteroatoms. The Balaban J connectivity index is 1.48. The van der Waals surface area contributed by atoms with Crippen LogP contribution in [-0.4, -0.2) is 43.2 Å². The zero-order valence-electron chi connectivity index (χ0n) is 17.0. The van der Waals surface area contributed by atoms with Gasteiger partial charge in [-0.15, -0.1) is 0 Å². The normalized spacial score (nSPS) is 14.2. The van der Waals surface area contributed by atoms with Crippen molar-refractivity contribution in [3.8, 4) is 11.5 Å². The van der Waals surface area contributed by atoms with Crippen molar-refractivity contribution in [2.75, 3.05) is 38.7 Å². The minimum atomic E-state index is -0.452. The molecule has 1 aliphatic heterocycles. The third kappa shape index (κ3) is 4.94. The van der Waals surface area contributed by atoms with Crippen LogP contribution < -0.4 is 14.8 Å². The quantitative estimate of drug-likeness (QED) is 0.469. The van der Waals surface area contributed by atoms with Crippen molar-refractivity contribution in [1.82, 2.24) is 9.88 Å². The van der Waals surface area contributed by atoms with Crippen LogP contribution >= 0.6 is 11.6 Å². The number of anilines is 2. The van der Waals surface area contributed by atoms with Crippen LogP contribution in [0.5, 0.6) is 11.5 Å². The molecule has 1 N–H and O–H groups in total. The van der Waals surface area contributed by atoms with Gasteiger partial charge in [0.05, 0.1) is 24.3 Å². The molecule has 1 saturated heterocycles. The summed E-state index contributed by atoms with van der Waals surface area (Å²) in [5.41, 5.74) is 1.45. The number of methoxy groups -OCH3 is 1. The fourth-order valence-corrected chi connectivity index (χ4v) is 3.85. The molecule has 1 aliphatic rings. The molecule has 0 saturated carbocycles. The van der Waals surface area contributed by atoms with Crippen LogP contribution in [-0.2, 0) is 0 Å². The molecule has 0 aliphatic carbocycles. The van der Waals surface area contributed by atoms with Gasteiger partial charge in [0.1, 0.15) is 11.6 Å². The number of ether oxygens (including phenoxy) is 2. The molecule has 5 nitrogen and oxygen atoms in total. The lowest BCUT2D eigenvalue weighted by Crippen LogP contribution is -2.21. The Morgan fingerprint density at radius 3 is 2.70 bits per heavy atom. The van der Waals surface area contributed by atoms with E-state index in [1.165, 1.54) is 38.1 Å². The maximum absolute atomic E-state index is 13.4. The van der Waals surface area contributed by atoms with Crippen LogP contribution in [0.2, 0.25) is 5.02 Å². The molecule has 1 fully saturated rings. The van der Waals surface area contributed by atoms with Crippen LogP contribution in [0.1, 0.15) is 19.3 Å². The highest BCUT2D eigenvalue weighted by Gasteiger charge is 2.12. The van der Waals surface area contributed by atoms with Gasteiger partial charge in [-0.05, 0) is 68.8 Å². The molecule has 0 atom stereocenters. The van der Waals surface area contributed by atoms with Gasteiger partial charge >= 0.3 is 0 Å². The molecule has 158 valence electrons. The fourth-order valence-electron chi connectivity index (χ4n) is 3.67. The van der Waals surface area contributed by atoms with E-state index in [4.69, 9.17) is 21.1 Å². The Morgan fingerprint density at radius 2 is 1.93 bits per heavy atom. The molecule has 2 heterocycles. The summed E-state index contributed by atoms with van der Waals surface area (Å²) in [7, 11) is 1.64. The highest BCUT2D eigenvalue weighted by Crippen LogP contribution is 2.33. The van der Waals surface area contributed by atoms with Gasteiger partial charge < -0.3 is 19.7 Å². The Hall–Kier alpha value is -2.57. The van der Waals surface area contributed by atoms with Crippen LogP contribution in [0.3, 0.4) is 0 Å². The fraction of sp³-hybridized carbons (Fsp3) is 0.348. The molecule has 30 heavy (non-hydrogen) atoms. The lowest BCUT2D eigenvalue weighted by Gasteiger charge is -2.16. The summed E-state index contributed by atoms with van der Waals surface area (Å²) in [6, 6.07) is 12.1. The average molecular weight is 430 g/mol. The predicted octanol–water partition coefficient (Wildman–Crippen LogP) is 5.64. The number of pyridine rings is 1. The maximum Gasteiger partial charge on any atom is 0.163 e. The SMILES string of the molecule is COc1cc2ccc(Nc3ccc(F)c(Cl)c3)nc2cc1OCCCN1CCCC1. The topological polar surface area (TPSA) is 46.6 Å². The minimum absolute atomic E-state index is 0.0649. The molecule has 2 aromatic carbocycles. The predicted molar refractivity (Wildman–Crippen MR) is 119 cm³/mol. The maximum atomic E-state index is 13.4. The molecule has 3 aromatic rings. The van der Waals surface area contributed by atoms with Crippen LogP contribution in [0, 0.1) is 5.82 Å². The van der Waals surface area contributed by atoms with Crippen LogP contribution in [0.25, 0.3) is 10.9 Å². The summed E-state index contributed by atoms with van der Waals surface area (Å²) < 4.78 is 24.9. The molecule has 0 unspecified atom stereocenters. The van der Waals surface area contributed by atoms with E-state index < -0.39 is 5.82 Å². The monoisotopic (exact) mass is 429 g/mol. The highest BCUT2D eigenvalue weighted by atomic mass is 35.5. The Bertz CT molecular complexity index is 1020. The summed E-state index contributed by atoms with van der Waals surface area (Å²) in [5.74, 6) is 1.56. The molecule has 0 radical (unpaired) electrons. The van der Waals surface area contributed by atoms with E-state index in [1.807, 2.05) is 24.3 Å². The molecule has 0 bridgehead atoms. The average Bonchev–Trinajstić information content (AvgIpc) is 3.27. The van der Waals surface area contributed by atoms with Crippen molar-refractivity contribution in [2.24, 2.45) is 0 Å². The van der Waals surface area contributed by atoms with Crippen molar-refractivity contribution >= 4 is 34.0 Å². The van der Waals surface area contributed by atoms with Gasteiger partial charge in [0, 0.05) is 23.7 Å². The first-order valence-electron chi connectivity index (χ1n) is 10.2. The number of halogens is 2. The minimum Gasteiger partial charge on any atom is -0.493 e. The summed E-state index contributed by atoms with van der Waals surface area (Å²) >= 11 is 5.86. The van der Waals surface area contributed by atoms with E-state index in [2.05, 4.69) is 15.2 Å². The Kier molecular flexibility index (Phi) is 6.55. The smallest absolute Gasteiger partial charge is 0.163 e. The first kappa shape index (κ1) is 20.7. The number of fused-ring (bicyclic) bond motifs is 1. The second kappa shape index (κ2) is 9.49. The molecule has 4 rings (SSSR count). The first-order valence-corrected chi connectivity index (χ1v) is 10.6. The number of rotatable bonds is 8. The highest BCUT2D eigenvalue weighted by molar-refractivity contribution is 6.31. The Labute approximate surface area is 180 Å². The van der Waals surface area contributed by atoms with Gasteiger partial charge in [-0.1, -0.05) is 11.6 Å². The molecule has 0 amide bonds. The van der Waals surface area contributed by atoms with Gasteiger partial charge in [-0.2, -0.15) is 0 Å². The van der Waals surface area contributed by atoms with Crippen molar-refractivity contribution in [3.63, 3.8) is 0 Å². The lowest BCUT2D eigenvalue weighted by atomic mass is 10.2. The lowest BCUT2D eigenvalue weighted by molar-refractivity contribution is 0.254. The van der Waals surface area contributed by atoms with E-state index in [9.17, 15) is 4.39 Å². The summed E-state index contributed by atoms with van der Waals surface area (Å²) in [5, 5.41) is 4.16. The van der Waals surface area contributed by atoms with Crippen molar-refractivity contribution in [1.29, 1.82) is 0 Å². The van der Waals surface area contributed by atoms with Gasteiger partial charge in [0.15, 0.2) is 11.5 Å². The van der Waals surface area contributed by atoms with E-state index >= 15 is 0 Å². The standard InChI is InChI=1S/C23H25ClFN3O2/c1-29-21-13-16-5-8-23(26-17-6-7-19(25)18(24)14-17)27-20(16)15-22(21)30-12-4-11-28-9-2-3-10-28/h5-8,13-15H,2-4,9-12H2,1H3,(H,26,27). The number of aromatic nitrogens is 1. The number of nitrogens with one attached hydrogen (secondary N) is 1. The molecular formula is C23H25ClFN3O2. The van der Waals surface area contributed by atoms with E-state index in [1.54, 1.807) is 13.2 Å². The van der Waals surface area contributed by atoms with E-state index in [0.717, 1.165) is 23.9 Å². The third-order valence-corrected chi connectivity index (χ3v) is 5.53. The van der Waals surface area contributed by atoms with Crippen LogP contribution in [0.15, 0.2) is 42.5 Å². The van der Waals surface area contributed by atoms with E-state index in [0.29, 0.717) is 29.6 Å². The summed E-state index contributed by atoms with van der Waals surface area (Å²) in [4.78, 5) is 7.13. The second-order valence-electron chi connectivity index (χ2n) is 7.40. The van der Waals surface area contributed by atoms with Gasteiger partial charge in [-0.25, -0.2) is 9.37 Å². The molecule has 0 spiro atoms. The van der Waals surface area contributed by atoms with Gasteiger partial charge in [0.2, 0.25) is 0 Å². The zero-order chi connectivity index (χ0) is 20.9.